The number of nitrogens with zero attached hydrogens (tertiary/aromatic N) is 3. The van der Waals surface area contributed by atoms with Crippen molar-refractivity contribution in [1.82, 2.24) is 4.90 Å². The van der Waals surface area contributed by atoms with Crippen molar-refractivity contribution in [2.75, 3.05) is 25.2 Å². The second-order valence-corrected chi connectivity index (χ2v) is 11.4. The fourth-order valence-electron chi connectivity index (χ4n) is 5.59. The van der Waals surface area contributed by atoms with Crippen molar-refractivity contribution in [1.29, 1.82) is 0 Å². The average molecular weight is 614 g/mol. The van der Waals surface area contributed by atoms with Crippen molar-refractivity contribution in [2.24, 2.45) is 4.99 Å². The summed E-state index contributed by atoms with van der Waals surface area (Å²) >= 11 is 1.57. The van der Waals surface area contributed by atoms with Crippen LogP contribution in [0.4, 0.5) is 14.5 Å². The molecule has 5 rings (SSSR count). The van der Waals surface area contributed by atoms with E-state index < -0.39 is 0 Å². The molecule has 1 aliphatic heterocycles. The van der Waals surface area contributed by atoms with Crippen molar-refractivity contribution < 1.29 is 13.5 Å². The predicted molar refractivity (Wildman–Crippen MR) is 181 cm³/mol. The zero-order chi connectivity index (χ0) is 31.5. The Kier molecular flexibility index (Phi) is 11.9. The van der Waals surface area contributed by atoms with Crippen LogP contribution in [-0.4, -0.2) is 37.2 Å². The highest BCUT2D eigenvalue weighted by molar-refractivity contribution is 7.12. The van der Waals surface area contributed by atoms with Gasteiger partial charge in [-0.25, -0.2) is 9.38 Å². The summed E-state index contributed by atoms with van der Waals surface area (Å²) in [6, 6.07) is 25.9. The van der Waals surface area contributed by atoms with E-state index in [1.165, 1.54) is 34.9 Å². The lowest BCUT2D eigenvalue weighted by Gasteiger charge is -2.40. The third-order valence-corrected chi connectivity index (χ3v) is 8.82. The lowest BCUT2D eigenvalue weighted by molar-refractivity contribution is 0.107. The zero-order valence-corrected chi connectivity index (χ0v) is 26.8. The van der Waals surface area contributed by atoms with Gasteiger partial charge in [0.05, 0.1) is 12.1 Å². The maximum atomic E-state index is 13.9. The van der Waals surface area contributed by atoms with E-state index in [4.69, 9.17) is 4.74 Å². The quantitative estimate of drug-likeness (QED) is 0.139. The number of halogens is 2. The van der Waals surface area contributed by atoms with Crippen LogP contribution in [-0.2, 0) is 11.3 Å². The molecule has 0 unspecified atom stereocenters. The van der Waals surface area contributed by atoms with Crippen LogP contribution in [0.3, 0.4) is 0 Å². The molecular formula is C37H41F2N3OS. The Morgan fingerprint density at radius 2 is 1.73 bits per heavy atom. The number of hydrogen-bond acceptors (Lipinski definition) is 5. The summed E-state index contributed by atoms with van der Waals surface area (Å²) in [6.07, 6.45) is 5.55. The second-order valence-electron chi connectivity index (χ2n) is 10.5. The molecule has 1 aliphatic rings. The Bertz CT molecular complexity index is 1570. The van der Waals surface area contributed by atoms with E-state index in [2.05, 4.69) is 101 Å². The average Bonchev–Trinajstić information content (AvgIpc) is 3.44. The van der Waals surface area contributed by atoms with Gasteiger partial charge in [-0.05, 0) is 78.2 Å². The maximum Gasteiger partial charge on any atom is 0.231 e. The van der Waals surface area contributed by atoms with Gasteiger partial charge in [-0.1, -0.05) is 67.2 Å². The molecule has 0 spiro atoms. The Labute approximate surface area is 264 Å². The van der Waals surface area contributed by atoms with Crippen LogP contribution in [0.25, 0.3) is 11.1 Å². The van der Waals surface area contributed by atoms with Crippen LogP contribution in [0.2, 0.25) is 0 Å². The molecule has 4 nitrogen and oxygen atoms in total. The van der Waals surface area contributed by atoms with Gasteiger partial charge in [0.15, 0.2) is 0 Å². The number of likely N-dealkylation sites (tertiary alicyclic amines) is 1. The molecule has 0 aliphatic carbocycles. The van der Waals surface area contributed by atoms with Crippen LogP contribution >= 0.6 is 11.3 Å². The minimum atomic E-state index is -0.243. The van der Waals surface area contributed by atoms with Gasteiger partial charge in [-0.3, -0.25) is 4.39 Å². The van der Waals surface area contributed by atoms with Gasteiger partial charge < -0.3 is 14.5 Å². The van der Waals surface area contributed by atoms with Crippen LogP contribution in [0.1, 0.15) is 41.3 Å². The van der Waals surface area contributed by atoms with E-state index >= 15 is 0 Å². The predicted octanol–water partition coefficient (Wildman–Crippen LogP) is 9.70. The highest BCUT2D eigenvalue weighted by Crippen LogP contribution is 2.34. The molecule has 3 aromatic carbocycles. The minimum Gasteiger partial charge on any atom is -0.473 e. The maximum absolute atomic E-state index is 13.9. The topological polar surface area (TPSA) is 28.1 Å². The molecule has 1 saturated heterocycles. The van der Waals surface area contributed by atoms with Crippen molar-refractivity contribution >= 4 is 22.9 Å². The fraction of sp³-hybridized carbons (Fsp3) is 0.270. The van der Waals surface area contributed by atoms with Crippen LogP contribution < -0.4 is 4.90 Å². The summed E-state index contributed by atoms with van der Waals surface area (Å²) in [7, 11) is 0.500. The Hall–Kier alpha value is -4.23. The summed E-state index contributed by atoms with van der Waals surface area (Å²) in [5.74, 6) is 1.55. The Morgan fingerprint density at radius 3 is 2.39 bits per heavy atom. The van der Waals surface area contributed by atoms with Crippen molar-refractivity contribution in [2.45, 2.75) is 46.3 Å². The number of allylic oxidation sites excluding steroid dienone is 1. The number of alkyl halides is 1. The molecule has 230 valence electrons. The largest absolute Gasteiger partial charge is 0.473 e. The van der Waals surface area contributed by atoms with Gasteiger partial charge in [-0.15, -0.1) is 11.3 Å². The lowest BCUT2D eigenvalue weighted by Crippen LogP contribution is -2.42. The number of para-hydroxylation sites is 1. The highest BCUT2D eigenvalue weighted by atomic mass is 32.1. The molecule has 0 atom stereocenters. The number of rotatable bonds is 9. The van der Waals surface area contributed by atoms with E-state index in [-0.39, 0.29) is 11.9 Å². The third-order valence-electron chi connectivity index (χ3n) is 7.75. The number of aryl methyl sites for hydroxylation is 1. The monoisotopic (exact) mass is 613 g/mol. The number of ether oxygens (including phenoxy) is 1. The van der Waals surface area contributed by atoms with E-state index in [0.29, 0.717) is 13.1 Å². The number of aliphatic imine (C=N–C) groups is 1. The summed E-state index contributed by atoms with van der Waals surface area (Å²) in [6.45, 7) is 12.7. The van der Waals surface area contributed by atoms with Crippen LogP contribution in [0.15, 0.2) is 114 Å². The minimum absolute atomic E-state index is 0.0400. The molecule has 1 aromatic heterocycles. The van der Waals surface area contributed by atoms with Crippen LogP contribution in [0.5, 0.6) is 0 Å². The number of thiophene rings is 1. The molecule has 0 radical (unpaired) electrons. The van der Waals surface area contributed by atoms with Gasteiger partial charge in [0.1, 0.15) is 17.7 Å². The first kappa shape index (κ1) is 32.7. The lowest BCUT2D eigenvalue weighted by atomic mass is 10.0. The fourth-order valence-corrected chi connectivity index (χ4v) is 6.62. The molecule has 4 aromatic rings. The smallest absolute Gasteiger partial charge is 0.231 e. The van der Waals surface area contributed by atoms with E-state index in [1.807, 2.05) is 13.0 Å². The van der Waals surface area contributed by atoms with E-state index in [1.54, 1.807) is 23.5 Å². The third kappa shape index (κ3) is 7.83. The second kappa shape index (κ2) is 16.0. The van der Waals surface area contributed by atoms with Gasteiger partial charge in [-0.2, -0.15) is 0 Å². The normalized spacial score (nSPS) is 14.1. The number of hydrogen-bond donors (Lipinski definition) is 0. The first-order chi connectivity index (χ1) is 21.5. The molecule has 0 saturated carbocycles. The molecule has 7 heteroatoms. The number of piperidine rings is 1. The summed E-state index contributed by atoms with van der Waals surface area (Å²) in [4.78, 5) is 10.4. The molecule has 2 heterocycles. The molecule has 0 bridgehead atoms. The van der Waals surface area contributed by atoms with Crippen molar-refractivity contribution in [3.63, 3.8) is 0 Å². The molecule has 44 heavy (non-hydrogen) atoms. The molecule has 0 amide bonds. The molecule has 0 N–H and O–H groups in total. The van der Waals surface area contributed by atoms with E-state index in [0.717, 1.165) is 54.0 Å². The van der Waals surface area contributed by atoms with Crippen molar-refractivity contribution in [3.05, 3.63) is 136 Å². The van der Waals surface area contributed by atoms with Gasteiger partial charge in [0.2, 0.25) is 5.90 Å². The zero-order valence-electron chi connectivity index (χ0n) is 26.0. The number of anilines is 1. The SMILES string of the molecule is C=CN=C(OC1CCN(C(=CC)N(Cc2ccccc2)c2ccccc2C)CC1)c1scc(-c2cccc(F)c2)c1C.CF. The summed E-state index contributed by atoms with van der Waals surface area (Å²) < 4.78 is 29.9. The number of benzene rings is 3. The first-order valence-corrected chi connectivity index (χ1v) is 15.7. The highest BCUT2D eigenvalue weighted by Gasteiger charge is 2.27. The standard InChI is InChI=1S/C36H38FN3OS.CH3F/c1-5-34(40(24-28-14-8-7-9-15-28)33-18-11-10-13-26(33)3)39-21-19-31(20-22-39)41-36(38-6-2)35-27(4)32(25-42-35)29-16-12-17-30(37)23-29;1-2/h5-18,23,25,31H,2,19-22,24H2,1,3-4H3;1H3. The van der Waals surface area contributed by atoms with Gasteiger partial charge in [0.25, 0.3) is 0 Å². The van der Waals surface area contributed by atoms with Gasteiger partial charge in [0, 0.05) is 44.4 Å². The Balaban J connectivity index is 0.00000216. The summed E-state index contributed by atoms with van der Waals surface area (Å²) in [5, 5.41) is 2.05. The van der Waals surface area contributed by atoms with Crippen molar-refractivity contribution in [3.8, 4) is 11.1 Å². The van der Waals surface area contributed by atoms with Gasteiger partial charge >= 0.3 is 0 Å². The first-order valence-electron chi connectivity index (χ1n) is 14.8. The molecule has 1 fully saturated rings. The van der Waals surface area contributed by atoms with E-state index in [9.17, 15) is 8.78 Å². The molecular weight excluding hydrogens is 572 g/mol. The Morgan fingerprint density at radius 1 is 1.02 bits per heavy atom. The van der Waals surface area contributed by atoms with Crippen LogP contribution in [0, 0.1) is 19.7 Å². The summed E-state index contributed by atoms with van der Waals surface area (Å²) in [5.41, 5.74) is 6.63.